The van der Waals surface area contributed by atoms with Gasteiger partial charge in [0.2, 0.25) is 0 Å². The number of nitrogens with zero attached hydrogens (tertiary/aromatic N) is 1. The summed E-state index contributed by atoms with van der Waals surface area (Å²) in [7, 11) is 1.64. The highest BCUT2D eigenvalue weighted by Crippen LogP contribution is 2.06. The number of aliphatic carboxylic acids is 1. The van der Waals surface area contributed by atoms with Crippen LogP contribution in [0.4, 0.5) is 4.79 Å². The number of rotatable bonds is 5. The highest BCUT2D eigenvalue weighted by molar-refractivity contribution is 5.82. The molecule has 19 heavy (non-hydrogen) atoms. The number of benzene rings is 1. The fourth-order valence-electron chi connectivity index (χ4n) is 1.64. The van der Waals surface area contributed by atoms with Crippen LogP contribution in [0.1, 0.15) is 24.5 Å². The first-order valence-corrected chi connectivity index (χ1v) is 6.24. The van der Waals surface area contributed by atoms with Crippen LogP contribution in [-0.4, -0.2) is 35.1 Å². The van der Waals surface area contributed by atoms with Crippen molar-refractivity contribution in [3.05, 3.63) is 35.4 Å². The van der Waals surface area contributed by atoms with Gasteiger partial charge in [-0.15, -0.1) is 0 Å². The van der Waals surface area contributed by atoms with Gasteiger partial charge < -0.3 is 15.3 Å². The number of carbonyl (C=O) groups is 2. The van der Waals surface area contributed by atoms with Crippen LogP contribution in [0.5, 0.6) is 0 Å². The van der Waals surface area contributed by atoms with Gasteiger partial charge in [0.25, 0.3) is 0 Å². The lowest BCUT2D eigenvalue weighted by molar-refractivity contribution is -0.139. The lowest BCUT2D eigenvalue weighted by Gasteiger charge is -2.20. The molecule has 0 heterocycles. The minimum absolute atomic E-state index is 0.361. The van der Waals surface area contributed by atoms with Crippen LogP contribution in [0.15, 0.2) is 24.3 Å². The van der Waals surface area contributed by atoms with E-state index >= 15 is 0 Å². The third-order valence-electron chi connectivity index (χ3n) is 2.89. The SMILES string of the molecule is CC[C@@H](NC(=O)N(C)Cc1ccc(C)cc1)C(=O)O. The number of amides is 2. The molecule has 2 N–H and O–H groups in total. The predicted molar refractivity (Wildman–Crippen MR) is 72.9 cm³/mol. The van der Waals surface area contributed by atoms with Gasteiger partial charge in [-0.25, -0.2) is 9.59 Å². The molecule has 0 bridgehead atoms. The zero-order valence-electron chi connectivity index (χ0n) is 11.5. The Hall–Kier alpha value is -2.04. The molecule has 0 aromatic heterocycles. The smallest absolute Gasteiger partial charge is 0.326 e. The number of carbonyl (C=O) groups excluding carboxylic acids is 1. The Labute approximate surface area is 113 Å². The van der Waals surface area contributed by atoms with Crippen LogP contribution in [0.3, 0.4) is 0 Å². The quantitative estimate of drug-likeness (QED) is 0.854. The average Bonchev–Trinajstić information content (AvgIpc) is 2.37. The molecule has 1 atom stereocenters. The van der Waals surface area contributed by atoms with Crippen molar-refractivity contribution in [2.75, 3.05) is 7.05 Å². The van der Waals surface area contributed by atoms with Crippen LogP contribution in [0.25, 0.3) is 0 Å². The summed E-state index contributed by atoms with van der Waals surface area (Å²) in [6.07, 6.45) is 0.361. The van der Waals surface area contributed by atoms with Gasteiger partial charge in [-0.2, -0.15) is 0 Å². The molecule has 0 radical (unpaired) electrons. The maximum absolute atomic E-state index is 11.8. The molecule has 1 aromatic carbocycles. The summed E-state index contributed by atoms with van der Waals surface area (Å²) in [5.41, 5.74) is 2.17. The predicted octanol–water partition coefficient (Wildman–Crippen LogP) is 2.00. The lowest BCUT2D eigenvalue weighted by Crippen LogP contribution is -2.46. The molecule has 5 heteroatoms. The van der Waals surface area contributed by atoms with Crippen LogP contribution in [-0.2, 0) is 11.3 Å². The van der Waals surface area contributed by atoms with Crippen LogP contribution in [0, 0.1) is 6.92 Å². The van der Waals surface area contributed by atoms with Gasteiger partial charge in [0, 0.05) is 13.6 Å². The highest BCUT2D eigenvalue weighted by atomic mass is 16.4. The van der Waals surface area contributed by atoms with Crippen molar-refractivity contribution in [1.82, 2.24) is 10.2 Å². The van der Waals surface area contributed by atoms with E-state index in [-0.39, 0.29) is 6.03 Å². The van der Waals surface area contributed by atoms with E-state index in [0.717, 1.165) is 11.1 Å². The normalized spacial score (nSPS) is 11.7. The Morgan fingerprint density at radius 1 is 1.32 bits per heavy atom. The van der Waals surface area contributed by atoms with E-state index in [2.05, 4.69) is 5.32 Å². The van der Waals surface area contributed by atoms with Gasteiger partial charge in [0.15, 0.2) is 0 Å². The van der Waals surface area contributed by atoms with Gasteiger partial charge in [-0.1, -0.05) is 36.8 Å². The van der Waals surface area contributed by atoms with Gasteiger partial charge in [0.1, 0.15) is 6.04 Å². The van der Waals surface area contributed by atoms with Crippen molar-refractivity contribution in [3.63, 3.8) is 0 Å². The highest BCUT2D eigenvalue weighted by Gasteiger charge is 2.19. The Balaban J connectivity index is 2.57. The monoisotopic (exact) mass is 264 g/mol. The third kappa shape index (κ3) is 4.62. The second-order valence-electron chi connectivity index (χ2n) is 4.59. The van der Waals surface area contributed by atoms with Gasteiger partial charge in [-0.05, 0) is 18.9 Å². The van der Waals surface area contributed by atoms with Crippen molar-refractivity contribution < 1.29 is 14.7 Å². The summed E-state index contributed by atoms with van der Waals surface area (Å²) < 4.78 is 0. The van der Waals surface area contributed by atoms with E-state index in [0.29, 0.717) is 13.0 Å². The maximum Gasteiger partial charge on any atom is 0.326 e. The van der Waals surface area contributed by atoms with E-state index in [1.54, 1.807) is 14.0 Å². The second kappa shape index (κ2) is 6.78. The van der Waals surface area contributed by atoms with Gasteiger partial charge in [-0.3, -0.25) is 0 Å². The van der Waals surface area contributed by atoms with Crippen molar-refractivity contribution in [3.8, 4) is 0 Å². The maximum atomic E-state index is 11.8. The Kier molecular flexibility index (Phi) is 5.36. The summed E-state index contributed by atoms with van der Waals surface area (Å²) >= 11 is 0. The molecule has 0 saturated carbocycles. The number of hydrogen-bond donors (Lipinski definition) is 2. The molecule has 0 saturated heterocycles. The third-order valence-corrected chi connectivity index (χ3v) is 2.89. The molecule has 1 rings (SSSR count). The fourth-order valence-corrected chi connectivity index (χ4v) is 1.64. The lowest BCUT2D eigenvalue weighted by atomic mass is 10.1. The van der Waals surface area contributed by atoms with E-state index in [1.807, 2.05) is 31.2 Å². The van der Waals surface area contributed by atoms with Gasteiger partial charge >= 0.3 is 12.0 Å². The molecule has 0 aliphatic carbocycles. The number of aryl methyl sites for hydroxylation is 1. The number of carboxylic acids is 1. The minimum atomic E-state index is -1.01. The molecule has 0 spiro atoms. The van der Waals surface area contributed by atoms with Crippen molar-refractivity contribution in [1.29, 1.82) is 0 Å². The number of carboxylic acid groups (broad SMARTS) is 1. The first kappa shape index (κ1) is 15.0. The Morgan fingerprint density at radius 2 is 1.89 bits per heavy atom. The molecule has 5 nitrogen and oxygen atoms in total. The summed E-state index contributed by atoms with van der Waals surface area (Å²) in [4.78, 5) is 24.2. The van der Waals surface area contributed by atoms with E-state index < -0.39 is 12.0 Å². The summed E-state index contributed by atoms with van der Waals surface area (Å²) in [5.74, 6) is -1.01. The van der Waals surface area contributed by atoms with Crippen molar-refractivity contribution in [2.45, 2.75) is 32.9 Å². The zero-order chi connectivity index (χ0) is 14.4. The summed E-state index contributed by atoms with van der Waals surface area (Å²) in [6.45, 7) is 4.17. The van der Waals surface area contributed by atoms with Crippen LogP contribution >= 0.6 is 0 Å². The van der Waals surface area contributed by atoms with Crippen molar-refractivity contribution in [2.24, 2.45) is 0 Å². The molecular formula is C14H20N2O3. The molecule has 1 aromatic rings. The van der Waals surface area contributed by atoms with Crippen molar-refractivity contribution >= 4 is 12.0 Å². The van der Waals surface area contributed by atoms with E-state index in [1.165, 1.54) is 4.90 Å². The first-order chi connectivity index (χ1) is 8.93. The summed E-state index contributed by atoms with van der Waals surface area (Å²) in [6, 6.07) is 6.64. The Morgan fingerprint density at radius 3 is 2.37 bits per heavy atom. The Bertz CT molecular complexity index is 443. The standard InChI is InChI=1S/C14H20N2O3/c1-4-12(13(17)18)15-14(19)16(3)9-11-7-5-10(2)6-8-11/h5-8,12H,4,9H2,1-3H3,(H,15,19)(H,17,18)/t12-/m1/s1. The van der Waals surface area contributed by atoms with E-state index in [9.17, 15) is 9.59 Å². The zero-order valence-corrected chi connectivity index (χ0v) is 11.5. The number of urea groups is 1. The molecule has 0 unspecified atom stereocenters. The number of nitrogens with one attached hydrogen (secondary N) is 1. The largest absolute Gasteiger partial charge is 0.480 e. The molecule has 0 aliphatic rings. The first-order valence-electron chi connectivity index (χ1n) is 6.24. The fraction of sp³-hybridized carbons (Fsp3) is 0.429. The van der Waals surface area contributed by atoms with Gasteiger partial charge in [0.05, 0.1) is 0 Å². The molecule has 2 amide bonds. The minimum Gasteiger partial charge on any atom is -0.480 e. The van der Waals surface area contributed by atoms with Crippen LogP contribution < -0.4 is 5.32 Å². The molecular weight excluding hydrogens is 244 g/mol. The molecule has 0 aliphatic heterocycles. The van der Waals surface area contributed by atoms with E-state index in [4.69, 9.17) is 5.11 Å². The second-order valence-corrected chi connectivity index (χ2v) is 4.59. The average molecular weight is 264 g/mol. The topological polar surface area (TPSA) is 69.6 Å². The molecule has 0 fully saturated rings. The summed E-state index contributed by atoms with van der Waals surface area (Å²) in [5, 5.41) is 11.4. The molecule has 104 valence electrons. The van der Waals surface area contributed by atoms with Crippen LogP contribution in [0.2, 0.25) is 0 Å². The number of hydrogen-bond acceptors (Lipinski definition) is 2.